The molecule has 0 fully saturated rings. The van der Waals surface area contributed by atoms with Crippen LogP contribution in [0, 0.1) is 26.0 Å². The first-order valence-corrected chi connectivity index (χ1v) is 18.0. The molecule has 0 aliphatic heterocycles. The summed E-state index contributed by atoms with van der Waals surface area (Å²) in [5.74, 6) is 0. The van der Waals surface area contributed by atoms with E-state index in [1.165, 1.54) is 77.6 Å². The van der Waals surface area contributed by atoms with Gasteiger partial charge in [0, 0.05) is 0 Å². The van der Waals surface area contributed by atoms with E-state index in [1.54, 1.807) is 0 Å². The van der Waals surface area contributed by atoms with Crippen molar-refractivity contribution in [2.45, 2.75) is 13.8 Å². The van der Waals surface area contributed by atoms with Crippen molar-refractivity contribution >= 4 is 74.8 Å². The predicted octanol–water partition coefficient (Wildman–Crippen LogP) is 11.5. The summed E-state index contributed by atoms with van der Waals surface area (Å²) in [6.45, 7) is 7.36. The molecule has 0 bridgehead atoms. The van der Waals surface area contributed by atoms with Crippen molar-refractivity contribution in [1.82, 2.24) is 0 Å². The van der Waals surface area contributed by atoms with Gasteiger partial charge in [-0.05, 0) is 0 Å². The third-order valence-corrected chi connectivity index (χ3v) is 6.73. The van der Waals surface area contributed by atoms with Gasteiger partial charge in [-0.25, -0.2) is 0 Å². The first kappa shape index (κ1) is 36.9. The molecule has 44 heavy (non-hydrogen) atoms. The van der Waals surface area contributed by atoms with E-state index in [0.29, 0.717) is 0 Å². The van der Waals surface area contributed by atoms with Crippen molar-refractivity contribution in [3.05, 3.63) is 181 Å². The second-order valence-electron chi connectivity index (χ2n) is 9.80. The molecule has 0 spiro atoms. The molecule has 0 N–H and O–H groups in total. The van der Waals surface area contributed by atoms with Crippen LogP contribution < -0.4 is 0 Å². The fraction of sp³-hybridized carbons (Fsp3) is 0.0500. The van der Waals surface area contributed by atoms with Crippen LogP contribution in [0.3, 0.4) is 0 Å². The Morgan fingerprint density at radius 1 is 0.455 bits per heavy atom. The van der Waals surface area contributed by atoms with Crippen molar-refractivity contribution in [1.29, 1.82) is 0 Å². The first-order chi connectivity index (χ1) is 20.7. The van der Waals surface area contributed by atoms with E-state index in [9.17, 15) is 0 Å². The maximum atomic E-state index is 3.06. The molecule has 0 aliphatic rings. The second kappa shape index (κ2) is 19.9. The summed E-state index contributed by atoms with van der Waals surface area (Å²) in [7, 11) is 0. The number of rotatable bonds is 0. The van der Waals surface area contributed by atoms with Gasteiger partial charge >= 0.3 is 30.2 Å². The van der Waals surface area contributed by atoms with Crippen LogP contribution in [0.4, 0.5) is 0 Å². The minimum atomic E-state index is 0. The monoisotopic (exact) mass is 702 g/mol. The summed E-state index contributed by atoms with van der Waals surface area (Å²) in [6, 6.07) is 59.9. The number of benzene rings is 6. The maximum Gasteiger partial charge on any atom is -0.171 e. The quantitative estimate of drug-likeness (QED) is 0.109. The number of aryl methyl sites for hydroxylation is 2. The molecule has 0 amide bonds. The molecule has 8 aromatic carbocycles. The van der Waals surface area contributed by atoms with Gasteiger partial charge in [0.2, 0.25) is 0 Å². The maximum absolute atomic E-state index is 3.06. The van der Waals surface area contributed by atoms with Gasteiger partial charge in [0.1, 0.15) is 0 Å². The number of fused-ring (bicyclic) bond motifs is 6. The van der Waals surface area contributed by atoms with Gasteiger partial charge in [0.25, 0.3) is 0 Å². The third-order valence-electron chi connectivity index (χ3n) is 6.73. The van der Waals surface area contributed by atoms with Crippen LogP contribution in [0.25, 0.3) is 43.1 Å². The van der Waals surface area contributed by atoms with Crippen LogP contribution in [0.5, 0.6) is 0 Å². The fourth-order valence-corrected chi connectivity index (χ4v) is 4.91. The molecule has 0 aliphatic carbocycles. The average Bonchev–Trinajstić information content (AvgIpc) is 3.66. The van der Waals surface area contributed by atoms with E-state index in [4.69, 9.17) is 0 Å². The predicted molar refractivity (Wildman–Crippen MR) is 194 cm³/mol. The van der Waals surface area contributed by atoms with Crippen molar-refractivity contribution in [3.8, 4) is 0 Å². The van der Waals surface area contributed by atoms with Crippen molar-refractivity contribution < 1.29 is 23.3 Å². The Morgan fingerprint density at radius 2 is 0.795 bits per heavy atom. The number of hydrogen-bond acceptors (Lipinski definition) is 0. The molecule has 0 unspecified atom stereocenters. The zero-order chi connectivity index (χ0) is 29.6. The van der Waals surface area contributed by atoms with Crippen LogP contribution in [0.2, 0.25) is 0 Å². The first-order valence-electron chi connectivity index (χ1n) is 13.9. The summed E-state index contributed by atoms with van der Waals surface area (Å²) in [4.78, 5) is 0. The molecule has 0 nitrogen and oxygen atoms in total. The van der Waals surface area contributed by atoms with E-state index >= 15 is 0 Å². The molecule has 0 heterocycles. The molecule has 0 saturated carbocycles. The average molecular weight is 705 g/mol. The van der Waals surface area contributed by atoms with Crippen molar-refractivity contribution in [2.24, 2.45) is 0 Å². The van der Waals surface area contributed by atoms with E-state index in [-0.39, 0.29) is 24.8 Å². The van der Waals surface area contributed by atoms with Crippen LogP contribution in [-0.2, 0) is 23.3 Å². The fourth-order valence-electron chi connectivity index (χ4n) is 4.91. The van der Waals surface area contributed by atoms with Crippen LogP contribution in [0.15, 0.2) is 158 Å². The molecule has 0 atom stereocenters. The zero-order valence-electron chi connectivity index (χ0n) is 24.8. The van der Waals surface area contributed by atoms with Gasteiger partial charge in [-0.2, -0.15) is 84.9 Å². The van der Waals surface area contributed by atoms with Crippen molar-refractivity contribution in [2.75, 3.05) is 0 Å². The Labute approximate surface area is 290 Å². The number of halogens is 2. The normalized spacial score (nSPS) is 9.39. The Morgan fingerprint density at radius 3 is 1.11 bits per heavy atom. The molecule has 2 radical (unpaired) electrons. The summed E-state index contributed by atoms with van der Waals surface area (Å²) in [5, 5.41) is 10.8. The summed E-state index contributed by atoms with van der Waals surface area (Å²) in [6.07, 6.45) is 0. The van der Waals surface area contributed by atoms with E-state index in [2.05, 4.69) is 130 Å². The Kier molecular flexibility index (Phi) is 16.7. The van der Waals surface area contributed by atoms with Crippen molar-refractivity contribution in [3.63, 3.8) is 0 Å². The Bertz CT molecular complexity index is 1750. The van der Waals surface area contributed by atoms with E-state index in [1.807, 2.05) is 60.7 Å². The SMILES string of the molecule is Cc1cc2ccc3ccccc3c2[cH-]1.Cc1cc2ccc3ccccc3c2[cH-]1.Cl.Cl.[Si]=[Zr].[c-]1ccccc1.[c-]1ccccc1. The van der Waals surface area contributed by atoms with Gasteiger partial charge in [-0.15, -0.1) is 81.8 Å². The topological polar surface area (TPSA) is 0 Å². The molecule has 4 heteroatoms. The minimum Gasteiger partial charge on any atom is -0.184 e. The molecular formula is C40H34Cl2SiZr-4. The summed E-state index contributed by atoms with van der Waals surface area (Å²) < 4.78 is 0. The van der Waals surface area contributed by atoms with Gasteiger partial charge in [0.15, 0.2) is 0 Å². The molecule has 8 aromatic rings. The summed E-state index contributed by atoms with van der Waals surface area (Å²) >= 11 is 1.36. The van der Waals surface area contributed by atoms with Gasteiger partial charge in [-0.3, -0.25) is 0 Å². The second-order valence-corrected chi connectivity index (χ2v) is 9.80. The molecular weight excluding hydrogens is 671 g/mol. The van der Waals surface area contributed by atoms with E-state index in [0.717, 1.165) is 0 Å². The minimum absolute atomic E-state index is 0. The third kappa shape index (κ3) is 10.4. The van der Waals surface area contributed by atoms with Crippen LogP contribution in [0.1, 0.15) is 11.1 Å². The van der Waals surface area contributed by atoms with E-state index < -0.39 is 0 Å². The zero-order valence-corrected chi connectivity index (χ0v) is 29.9. The Balaban J connectivity index is 0.000000211. The Hall–Kier alpha value is -3.26. The van der Waals surface area contributed by atoms with Gasteiger partial charge < -0.3 is 0 Å². The smallest absolute Gasteiger partial charge is 0.171 e. The molecule has 220 valence electrons. The molecule has 0 saturated heterocycles. The van der Waals surface area contributed by atoms with Crippen LogP contribution >= 0.6 is 24.8 Å². The van der Waals surface area contributed by atoms with Gasteiger partial charge in [-0.1, -0.05) is 96.1 Å². The molecule has 0 aromatic heterocycles. The summed E-state index contributed by atoms with van der Waals surface area (Å²) in [5.41, 5.74) is 2.69. The molecule has 8 rings (SSSR count). The van der Waals surface area contributed by atoms with Gasteiger partial charge in [0.05, 0.1) is 0 Å². The standard InChI is InChI=1S/2C14H11.2C6H5.2ClH.Si.Zr/c2*1-10-8-12-7-6-11-4-2-3-5-13(11)14(12)9-10;2*1-2-4-6-5-3-1;;;;/h2*2-9H,1H3;2*1-5H;2*1H;;/q4*-1;;;;. The largest absolute Gasteiger partial charge is 0.184 e. The number of hydrogen-bond donors (Lipinski definition) is 0. The van der Waals surface area contributed by atoms with Crippen LogP contribution in [-0.4, -0.2) is 6.88 Å².